The number of thioether (sulfide) groups is 2. The molecule has 0 unspecified atom stereocenters. The molecule has 1 N–H and O–H groups in total. The van der Waals surface area contributed by atoms with E-state index < -0.39 is 0 Å². The van der Waals surface area contributed by atoms with Crippen LogP contribution in [-0.4, -0.2) is 43.3 Å². The Kier molecular flexibility index (Phi) is 8.84. The largest absolute Gasteiger partial charge is 0.484 e. The van der Waals surface area contributed by atoms with Crippen molar-refractivity contribution in [2.45, 2.75) is 37.4 Å². The maximum absolute atomic E-state index is 11.7. The first-order valence-corrected chi connectivity index (χ1v) is 10.6. The number of carbonyl (C=O) groups excluding carboxylic acids is 1. The zero-order chi connectivity index (χ0) is 17.2. The van der Waals surface area contributed by atoms with Crippen LogP contribution >= 0.6 is 23.5 Å². The fourth-order valence-corrected chi connectivity index (χ4v) is 5.11. The average Bonchev–Trinajstić information content (AvgIpc) is 2.60. The molecular formula is C18H27NO3S2. The first-order chi connectivity index (χ1) is 11.6. The van der Waals surface area contributed by atoms with Crippen molar-refractivity contribution in [1.29, 1.82) is 0 Å². The molecule has 1 fully saturated rings. The molecule has 0 saturated carbocycles. The lowest BCUT2D eigenvalue weighted by Crippen LogP contribution is -2.30. The van der Waals surface area contributed by atoms with Crippen LogP contribution in [0.15, 0.2) is 24.3 Å². The van der Waals surface area contributed by atoms with Crippen LogP contribution in [0, 0.1) is 0 Å². The minimum absolute atomic E-state index is 0.0529. The van der Waals surface area contributed by atoms with Crippen LogP contribution in [0.5, 0.6) is 5.75 Å². The highest BCUT2D eigenvalue weighted by Gasteiger charge is 2.16. The fourth-order valence-electron chi connectivity index (χ4n) is 2.22. The van der Waals surface area contributed by atoms with Crippen molar-refractivity contribution in [2.24, 2.45) is 0 Å². The normalized spacial score (nSPS) is 15.5. The standard InChI is InChI=1S/C18H27NO3S2/c1-14(2)21-10-3-9-19-17(20)13-22-16-7-5-15(6-8-16)18-23-11-4-12-24-18/h5-8,14,18H,3-4,9-13H2,1-2H3,(H,19,20). The number of benzene rings is 1. The van der Waals surface area contributed by atoms with Crippen LogP contribution < -0.4 is 10.1 Å². The number of rotatable bonds is 9. The quantitative estimate of drug-likeness (QED) is 0.670. The molecule has 6 heteroatoms. The Morgan fingerprint density at radius 2 is 1.96 bits per heavy atom. The second kappa shape index (κ2) is 10.9. The van der Waals surface area contributed by atoms with Crippen molar-refractivity contribution in [3.8, 4) is 5.75 Å². The number of amides is 1. The predicted molar refractivity (Wildman–Crippen MR) is 103 cm³/mol. The molecule has 0 bridgehead atoms. The summed E-state index contributed by atoms with van der Waals surface area (Å²) >= 11 is 4.01. The summed E-state index contributed by atoms with van der Waals surface area (Å²) in [5.74, 6) is 3.11. The van der Waals surface area contributed by atoms with Crippen LogP contribution in [0.3, 0.4) is 0 Å². The molecule has 0 aromatic heterocycles. The Bertz CT molecular complexity index is 488. The van der Waals surface area contributed by atoms with E-state index in [0.29, 0.717) is 17.7 Å². The van der Waals surface area contributed by atoms with Gasteiger partial charge in [0.15, 0.2) is 6.61 Å². The van der Waals surface area contributed by atoms with Crippen LogP contribution in [-0.2, 0) is 9.53 Å². The molecule has 0 radical (unpaired) electrons. The Balaban J connectivity index is 1.63. The van der Waals surface area contributed by atoms with Gasteiger partial charge in [0.1, 0.15) is 5.75 Å². The highest BCUT2D eigenvalue weighted by atomic mass is 32.2. The summed E-state index contributed by atoms with van der Waals surface area (Å²) < 4.78 is 11.5. The second-order valence-corrected chi connectivity index (χ2v) is 8.63. The predicted octanol–water partition coefficient (Wildman–Crippen LogP) is 3.87. The van der Waals surface area contributed by atoms with Gasteiger partial charge in [-0.05, 0) is 55.9 Å². The lowest BCUT2D eigenvalue weighted by molar-refractivity contribution is -0.123. The lowest BCUT2D eigenvalue weighted by atomic mass is 10.2. The van der Waals surface area contributed by atoms with Crippen molar-refractivity contribution < 1.29 is 14.3 Å². The van der Waals surface area contributed by atoms with Crippen molar-refractivity contribution in [1.82, 2.24) is 5.32 Å². The smallest absolute Gasteiger partial charge is 0.257 e. The highest BCUT2D eigenvalue weighted by molar-refractivity contribution is 8.16. The van der Waals surface area contributed by atoms with Gasteiger partial charge in [-0.15, -0.1) is 23.5 Å². The monoisotopic (exact) mass is 369 g/mol. The third-order valence-corrected chi connectivity index (χ3v) is 6.46. The van der Waals surface area contributed by atoms with Crippen molar-refractivity contribution in [3.63, 3.8) is 0 Å². The van der Waals surface area contributed by atoms with E-state index in [-0.39, 0.29) is 18.6 Å². The molecule has 4 nitrogen and oxygen atoms in total. The number of hydrogen-bond donors (Lipinski definition) is 1. The summed E-state index contributed by atoms with van der Waals surface area (Å²) in [5.41, 5.74) is 1.33. The third-order valence-electron chi connectivity index (χ3n) is 3.44. The Hall–Kier alpha value is -0.850. The van der Waals surface area contributed by atoms with Gasteiger partial charge in [-0.25, -0.2) is 0 Å². The number of ether oxygens (including phenoxy) is 2. The topological polar surface area (TPSA) is 47.6 Å². The van der Waals surface area contributed by atoms with Gasteiger partial charge in [-0.3, -0.25) is 4.79 Å². The van der Waals surface area contributed by atoms with Gasteiger partial charge in [0.25, 0.3) is 5.91 Å². The van der Waals surface area contributed by atoms with Crippen molar-refractivity contribution in [2.75, 3.05) is 31.3 Å². The Morgan fingerprint density at radius 1 is 1.25 bits per heavy atom. The first-order valence-electron chi connectivity index (χ1n) is 8.49. The van der Waals surface area contributed by atoms with Crippen molar-refractivity contribution in [3.05, 3.63) is 29.8 Å². The van der Waals surface area contributed by atoms with E-state index in [2.05, 4.69) is 17.4 Å². The van der Waals surface area contributed by atoms with Crippen molar-refractivity contribution >= 4 is 29.4 Å². The van der Waals surface area contributed by atoms with Crippen LogP contribution in [0.4, 0.5) is 0 Å². The molecule has 1 aliphatic rings. The van der Waals surface area contributed by atoms with E-state index in [1.165, 1.54) is 23.5 Å². The Labute approximate surface area is 153 Å². The van der Waals surface area contributed by atoms with Gasteiger partial charge in [-0.1, -0.05) is 12.1 Å². The van der Waals surface area contributed by atoms with Gasteiger partial charge < -0.3 is 14.8 Å². The molecule has 1 heterocycles. The summed E-state index contributed by atoms with van der Waals surface area (Å²) in [5, 5.41) is 2.84. The number of nitrogens with one attached hydrogen (secondary N) is 1. The summed E-state index contributed by atoms with van der Waals surface area (Å²) in [7, 11) is 0. The molecule has 2 rings (SSSR count). The summed E-state index contributed by atoms with van der Waals surface area (Å²) in [6, 6.07) is 8.11. The highest BCUT2D eigenvalue weighted by Crippen LogP contribution is 2.43. The third kappa shape index (κ3) is 7.36. The molecule has 134 valence electrons. The minimum atomic E-state index is -0.0954. The van der Waals surface area contributed by atoms with Gasteiger partial charge in [0.05, 0.1) is 10.7 Å². The second-order valence-electron chi connectivity index (χ2n) is 5.91. The van der Waals surface area contributed by atoms with E-state index in [1.54, 1.807) is 0 Å². The summed E-state index contributed by atoms with van der Waals surface area (Å²) in [6.45, 7) is 5.34. The van der Waals surface area contributed by atoms with Crippen LogP contribution in [0.25, 0.3) is 0 Å². The van der Waals surface area contributed by atoms with Crippen LogP contribution in [0.1, 0.15) is 36.8 Å². The Morgan fingerprint density at radius 3 is 2.62 bits per heavy atom. The van der Waals surface area contributed by atoms with Gasteiger partial charge in [-0.2, -0.15) is 0 Å². The van der Waals surface area contributed by atoms with E-state index in [1.807, 2.05) is 49.5 Å². The van der Waals surface area contributed by atoms with E-state index in [0.717, 1.165) is 12.2 Å². The van der Waals surface area contributed by atoms with E-state index in [4.69, 9.17) is 9.47 Å². The summed E-state index contributed by atoms with van der Waals surface area (Å²) in [6.07, 6.45) is 2.35. The molecule has 1 saturated heterocycles. The lowest BCUT2D eigenvalue weighted by Gasteiger charge is -2.21. The molecule has 1 aromatic carbocycles. The van der Waals surface area contributed by atoms with Crippen LogP contribution in [0.2, 0.25) is 0 Å². The molecule has 0 spiro atoms. The molecule has 1 amide bonds. The summed E-state index contributed by atoms with van der Waals surface area (Å²) in [4.78, 5) is 11.7. The zero-order valence-electron chi connectivity index (χ0n) is 14.5. The van der Waals surface area contributed by atoms with Gasteiger partial charge in [0.2, 0.25) is 0 Å². The number of hydrogen-bond acceptors (Lipinski definition) is 5. The fraction of sp³-hybridized carbons (Fsp3) is 0.611. The van der Waals surface area contributed by atoms with E-state index >= 15 is 0 Å². The zero-order valence-corrected chi connectivity index (χ0v) is 16.1. The molecule has 1 aliphatic heterocycles. The van der Waals surface area contributed by atoms with Gasteiger partial charge in [0, 0.05) is 13.2 Å². The average molecular weight is 370 g/mol. The molecular weight excluding hydrogens is 342 g/mol. The molecule has 1 aromatic rings. The maximum atomic E-state index is 11.7. The van der Waals surface area contributed by atoms with E-state index in [9.17, 15) is 4.79 Å². The molecule has 24 heavy (non-hydrogen) atoms. The molecule has 0 aliphatic carbocycles. The number of carbonyl (C=O) groups is 1. The maximum Gasteiger partial charge on any atom is 0.257 e. The first kappa shape index (κ1) is 19.5. The minimum Gasteiger partial charge on any atom is -0.484 e. The SMILES string of the molecule is CC(C)OCCCNC(=O)COc1ccc(C2SCCCS2)cc1. The van der Waals surface area contributed by atoms with Gasteiger partial charge >= 0.3 is 0 Å². The molecule has 0 atom stereocenters.